The minimum atomic E-state index is -2.24. The minimum absolute atomic E-state index is 0.129. The van der Waals surface area contributed by atoms with Gasteiger partial charge in [0.25, 0.3) is 0 Å². The summed E-state index contributed by atoms with van der Waals surface area (Å²) >= 11 is 0. The largest absolute Gasteiger partial charge is 0.494 e. The Morgan fingerprint density at radius 2 is 2.30 bits per heavy atom. The lowest BCUT2D eigenvalue weighted by Crippen LogP contribution is -2.44. The molecule has 1 fully saturated rings. The summed E-state index contributed by atoms with van der Waals surface area (Å²) in [5.41, 5.74) is -1.58. The molecule has 0 radical (unpaired) electrons. The lowest BCUT2D eigenvalue weighted by molar-refractivity contribution is -0.154. The third kappa shape index (κ3) is 4.67. The van der Waals surface area contributed by atoms with Crippen molar-refractivity contribution in [2.24, 2.45) is 11.8 Å². The van der Waals surface area contributed by atoms with Crippen LogP contribution in [0.1, 0.15) is 32.3 Å². The van der Waals surface area contributed by atoms with Crippen LogP contribution in [0.3, 0.4) is 0 Å². The first-order valence-electron chi connectivity index (χ1n) is 8.26. The molecule has 0 amide bonds. The van der Waals surface area contributed by atoms with Crippen molar-refractivity contribution in [3.63, 3.8) is 0 Å². The van der Waals surface area contributed by atoms with E-state index in [4.69, 9.17) is 4.74 Å². The molecule has 0 saturated carbocycles. The van der Waals surface area contributed by atoms with Crippen molar-refractivity contribution in [1.29, 1.82) is 0 Å². The fraction of sp³-hybridized carbons (Fsp3) is 0.611. The molecule has 2 atom stereocenters. The maximum absolute atomic E-state index is 15.1. The minimum Gasteiger partial charge on any atom is -0.494 e. The van der Waals surface area contributed by atoms with E-state index in [-0.39, 0.29) is 6.42 Å². The zero-order valence-corrected chi connectivity index (χ0v) is 13.8. The second-order valence-corrected chi connectivity index (χ2v) is 6.71. The average Bonchev–Trinajstić information content (AvgIpc) is 3.01. The molecule has 128 valence electrons. The lowest BCUT2D eigenvalue weighted by atomic mass is 9.83. The number of carboxylic acid groups (broad SMARTS) is 1. The van der Waals surface area contributed by atoms with Crippen LogP contribution < -0.4 is 10.1 Å². The van der Waals surface area contributed by atoms with Crippen LogP contribution in [0.4, 0.5) is 4.39 Å². The second kappa shape index (κ2) is 7.77. The quantitative estimate of drug-likeness (QED) is 0.772. The van der Waals surface area contributed by atoms with Gasteiger partial charge in [0.15, 0.2) is 0 Å². The van der Waals surface area contributed by atoms with E-state index in [9.17, 15) is 9.90 Å². The normalized spacial score (nSPS) is 20.4. The number of nitrogens with one attached hydrogen (secondary N) is 1. The van der Waals surface area contributed by atoms with Crippen LogP contribution in [0.15, 0.2) is 24.3 Å². The van der Waals surface area contributed by atoms with E-state index in [0.29, 0.717) is 43.3 Å². The van der Waals surface area contributed by atoms with Crippen molar-refractivity contribution in [2.45, 2.75) is 38.8 Å². The first kappa shape index (κ1) is 17.7. The Hall–Kier alpha value is -1.62. The summed E-state index contributed by atoms with van der Waals surface area (Å²) in [7, 11) is 0. The number of halogens is 1. The first-order chi connectivity index (χ1) is 10.9. The topological polar surface area (TPSA) is 58.6 Å². The summed E-state index contributed by atoms with van der Waals surface area (Å²) < 4.78 is 20.8. The Morgan fingerprint density at radius 3 is 2.91 bits per heavy atom. The summed E-state index contributed by atoms with van der Waals surface area (Å²) in [5.74, 6) is -0.651. The fourth-order valence-corrected chi connectivity index (χ4v) is 2.89. The van der Waals surface area contributed by atoms with Crippen LogP contribution >= 0.6 is 0 Å². The number of benzene rings is 1. The summed E-state index contributed by atoms with van der Waals surface area (Å²) in [6.07, 6.45) is 1.36. The number of carboxylic acids is 1. The van der Waals surface area contributed by atoms with Crippen molar-refractivity contribution in [1.82, 2.24) is 5.32 Å². The van der Waals surface area contributed by atoms with Gasteiger partial charge in [0.05, 0.1) is 6.61 Å². The van der Waals surface area contributed by atoms with Crippen molar-refractivity contribution in [3.05, 3.63) is 29.8 Å². The lowest BCUT2D eigenvalue weighted by Gasteiger charge is -2.26. The number of alkyl halides is 1. The summed E-state index contributed by atoms with van der Waals surface area (Å²) in [4.78, 5) is 11.5. The Bertz CT molecular complexity index is 529. The number of rotatable bonds is 8. The first-order valence-corrected chi connectivity index (χ1v) is 8.26. The zero-order valence-electron chi connectivity index (χ0n) is 13.8. The number of aliphatic carboxylic acids is 1. The summed E-state index contributed by atoms with van der Waals surface area (Å²) in [5, 5.41) is 12.4. The van der Waals surface area contributed by atoms with Crippen molar-refractivity contribution in [3.8, 4) is 5.75 Å². The Kier molecular flexibility index (Phi) is 5.99. The van der Waals surface area contributed by atoms with E-state index < -0.39 is 17.6 Å². The number of ether oxygens (including phenoxy) is 1. The van der Waals surface area contributed by atoms with E-state index >= 15 is 4.39 Å². The molecule has 1 saturated heterocycles. The van der Waals surface area contributed by atoms with Gasteiger partial charge in [0, 0.05) is 18.9 Å². The predicted molar refractivity (Wildman–Crippen MR) is 87.5 cm³/mol. The molecular weight excluding hydrogens is 297 g/mol. The third-order valence-electron chi connectivity index (χ3n) is 4.39. The maximum atomic E-state index is 15.1. The Labute approximate surface area is 137 Å². The maximum Gasteiger partial charge on any atom is 0.342 e. The molecule has 2 N–H and O–H groups in total. The Morgan fingerprint density at radius 1 is 1.52 bits per heavy atom. The van der Waals surface area contributed by atoms with Gasteiger partial charge >= 0.3 is 5.97 Å². The van der Waals surface area contributed by atoms with Crippen LogP contribution in [0.5, 0.6) is 5.75 Å². The van der Waals surface area contributed by atoms with Gasteiger partial charge in [0.2, 0.25) is 5.67 Å². The molecule has 4 nitrogen and oxygen atoms in total. The molecule has 1 unspecified atom stereocenters. The molecule has 1 aliphatic rings. The highest BCUT2D eigenvalue weighted by atomic mass is 19.1. The van der Waals surface area contributed by atoms with E-state index in [2.05, 4.69) is 19.2 Å². The van der Waals surface area contributed by atoms with Crippen LogP contribution in [-0.4, -0.2) is 36.4 Å². The van der Waals surface area contributed by atoms with Gasteiger partial charge in [-0.1, -0.05) is 26.0 Å². The van der Waals surface area contributed by atoms with E-state index in [1.54, 1.807) is 18.2 Å². The standard InChI is InChI=1S/C18H26FNO3/c1-13(2)7-9-23-16-5-3-4-14(10-16)11-18(19,17(21)22)15-6-8-20-12-15/h3-5,10,13,15,20H,6-9,11-12H2,1-2H3,(H,21,22)/t15-,18?/m1/s1. The third-order valence-corrected chi connectivity index (χ3v) is 4.39. The highest BCUT2D eigenvalue weighted by molar-refractivity contribution is 5.78. The SMILES string of the molecule is CC(C)CCOc1cccc(CC(F)(C(=O)O)[C@@H]2CCNC2)c1. The zero-order chi connectivity index (χ0) is 16.9. The number of hydrogen-bond donors (Lipinski definition) is 2. The van der Waals surface area contributed by atoms with Crippen LogP contribution in [0.25, 0.3) is 0 Å². The van der Waals surface area contributed by atoms with E-state index in [1.165, 1.54) is 0 Å². The molecule has 2 rings (SSSR count). The average molecular weight is 323 g/mol. The number of carbonyl (C=O) groups is 1. The molecule has 5 heteroatoms. The van der Waals surface area contributed by atoms with Crippen LogP contribution in [-0.2, 0) is 11.2 Å². The molecule has 1 heterocycles. The van der Waals surface area contributed by atoms with Gasteiger partial charge in [-0.05, 0) is 43.0 Å². The van der Waals surface area contributed by atoms with Crippen molar-refractivity contribution >= 4 is 5.97 Å². The summed E-state index contributed by atoms with van der Waals surface area (Å²) in [6.45, 7) is 5.93. The fourth-order valence-electron chi connectivity index (χ4n) is 2.89. The molecule has 1 aromatic carbocycles. The van der Waals surface area contributed by atoms with Gasteiger partial charge in [-0.3, -0.25) is 0 Å². The predicted octanol–water partition coefficient (Wildman–Crippen LogP) is 3.06. The van der Waals surface area contributed by atoms with Crippen molar-refractivity contribution < 1.29 is 19.0 Å². The monoisotopic (exact) mass is 323 g/mol. The van der Waals surface area contributed by atoms with Crippen LogP contribution in [0.2, 0.25) is 0 Å². The number of hydrogen-bond acceptors (Lipinski definition) is 3. The Balaban J connectivity index is 2.06. The molecule has 23 heavy (non-hydrogen) atoms. The highest BCUT2D eigenvalue weighted by Gasteiger charge is 2.47. The highest BCUT2D eigenvalue weighted by Crippen LogP contribution is 2.32. The molecule has 0 spiro atoms. The van der Waals surface area contributed by atoms with Gasteiger partial charge in [-0.15, -0.1) is 0 Å². The molecule has 0 bridgehead atoms. The second-order valence-electron chi connectivity index (χ2n) is 6.71. The van der Waals surface area contributed by atoms with E-state index in [0.717, 1.165) is 6.42 Å². The van der Waals surface area contributed by atoms with Crippen molar-refractivity contribution in [2.75, 3.05) is 19.7 Å². The van der Waals surface area contributed by atoms with E-state index in [1.807, 2.05) is 6.07 Å². The summed E-state index contributed by atoms with van der Waals surface area (Å²) in [6, 6.07) is 7.12. The van der Waals surface area contributed by atoms with Gasteiger partial charge < -0.3 is 15.2 Å². The van der Waals surface area contributed by atoms with Gasteiger partial charge in [-0.2, -0.15) is 0 Å². The smallest absolute Gasteiger partial charge is 0.342 e. The molecule has 0 aliphatic carbocycles. The molecule has 1 aliphatic heterocycles. The molecular formula is C18H26FNO3. The molecule has 1 aromatic rings. The van der Waals surface area contributed by atoms with Gasteiger partial charge in [0.1, 0.15) is 5.75 Å². The van der Waals surface area contributed by atoms with Crippen LogP contribution in [0, 0.1) is 11.8 Å². The van der Waals surface area contributed by atoms with Gasteiger partial charge in [-0.25, -0.2) is 9.18 Å². The molecule has 0 aromatic heterocycles.